The normalized spacial score (nSPS) is 10.9. The quantitative estimate of drug-likeness (QED) is 0.724. The van der Waals surface area contributed by atoms with Crippen molar-refractivity contribution < 1.29 is 0 Å². The van der Waals surface area contributed by atoms with Gasteiger partial charge in [0.2, 0.25) is 0 Å². The summed E-state index contributed by atoms with van der Waals surface area (Å²) in [5.41, 5.74) is 2.60. The first-order chi connectivity index (χ1) is 7.18. The Balaban J connectivity index is 2.15. The largest absolute Gasteiger partial charge is 0.316 e. The minimum Gasteiger partial charge on any atom is -0.316 e. The summed E-state index contributed by atoms with van der Waals surface area (Å²) in [6.45, 7) is 8.78. The molecule has 0 aromatic carbocycles. The van der Waals surface area contributed by atoms with E-state index >= 15 is 0 Å². The second kappa shape index (κ2) is 6.57. The number of hydrogen-bond acceptors (Lipinski definition) is 2. The van der Waals surface area contributed by atoms with Crippen molar-refractivity contribution in [2.45, 2.75) is 33.6 Å². The summed E-state index contributed by atoms with van der Waals surface area (Å²) in [4.78, 5) is 4.19. The SMILES string of the molecule is Cc1cncc(CCCNCC(C)C)c1. The van der Waals surface area contributed by atoms with Gasteiger partial charge in [-0.25, -0.2) is 0 Å². The molecule has 1 aromatic rings. The van der Waals surface area contributed by atoms with Gasteiger partial charge in [0.15, 0.2) is 0 Å². The van der Waals surface area contributed by atoms with Crippen LogP contribution in [-0.4, -0.2) is 18.1 Å². The summed E-state index contributed by atoms with van der Waals surface area (Å²) in [6.07, 6.45) is 6.19. The highest BCUT2D eigenvalue weighted by Gasteiger charge is 1.95. The molecular weight excluding hydrogens is 184 g/mol. The van der Waals surface area contributed by atoms with E-state index < -0.39 is 0 Å². The molecule has 0 amide bonds. The molecule has 0 saturated heterocycles. The van der Waals surface area contributed by atoms with Crippen molar-refractivity contribution in [2.75, 3.05) is 13.1 Å². The number of hydrogen-bond donors (Lipinski definition) is 1. The van der Waals surface area contributed by atoms with E-state index in [0.717, 1.165) is 25.4 Å². The lowest BCUT2D eigenvalue weighted by Gasteiger charge is -2.07. The monoisotopic (exact) mass is 206 g/mol. The zero-order valence-corrected chi connectivity index (χ0v) is 10.1. The number of rotatable bonds is 6. The minimum absolute atomic E-state index is 0.741. The second-order valence-electron chi connectivity index (χ2n) is 4.57. The molecule has 0 aliphatic heterocycles. The van der Waals surface area contributed by atoms with E-state index in [4.69, 9.17) is 0 Å². The number of pyridine rings is 1. The topological polar surface area (TPSA) is 24.9 Å². The van der Waals surface area contributed by atoms with Crippen LogP contribution in [0, 0.1) is 12.8 Å². The van der Waals surface area contributed by atoms with Gasteiger partial charge in [-0.05, 0) is 49.9 Å². The maximum atomic E-state index is 4.19. The number of aryl methyl sites for hydroxylation is 2. The van der Waals surface area contributed by atoms with E-state index in [1.165, 1.54) is 17.5 Å². The molecule has 0 fully saturated rings. The summed E-state index contributed by atoms with van der Waals surface area (Å²) in [7, 11) is 0. The molecule has 0 unspecified atom stereocenters. The molecule has 0 spiro atoms. The first kappa shape index (κ1) is 12.2. The molecule has 1 heterocycles. The Kier molecular flexibility index (Phi) is 5.33. The predicted molar refractivity (Wildman–Crippen MR) is 65.0 cm³/mol. The Morgan fingerprint density at radius 2 is 2.13 bits per heavy atom. The Morgan fingerprint density at radius 1 is 1.33 bits per heavy atom. The minimum atomic E-state index is 0.741. The van der Waals surface area contributed by atoms with Gasteiger partial charge in [0.05, 0.1) is 0 Å². The average molecular weight is 206 g/mol. The average Bonchev–Trinajstić information content (AvgIpc) is 2.17. The van der Waals surface area contributed by atoms with Crippen molar-refractivity contribution in [3.8, 4) is 0 Å². The van der Waals surface area contributed by atoms with E-state index in [2.05, 4.69) is 37.1 Å². The zero-order valence-electron chi connectivity index (χ0n) is 10.1. The lowest BCUT2D eigenvalue weighted by Crippen LogP contribution is -2.21. The Hall–Kier alpha value is -0.890. The number of aromatic nitrogens is 1. The molecule has 2 nitrogen and oxygen atoms in total. The molecular formula is C13H22N2. The van der Waals surface area contributed by atoms with Crippen LogP contribution in [-0.2, 0) is 6.42 Å². The van der Waals surface area contributed by atoms with Crippen molar-refractivity contribution >= 4 is 0 Å². The summed E-state index contributed by atoms with van der Waals surface area (Å²) in [6, 6.07) is 2.22. The fraction of sp³-hybridized carbons (Fsp3) is 0.615. The van der Waals surface area contributed by atoms with Gasteiger partial charge in [0.25, 0.3) is 0 Å². The number of nitrogens with one attached hydrogen (secondary N) is 1. The molecule has 0 aliphatic rings. The van der Waals surface area contributed by atoms with E-state index in [1.807, 2.05) is 12.4 Å². The number of nitrogens with zero attached hydrogens (tertiary/aromatic N) is 1. The molecule has 15 heavy (non-hydrogen) atoms. The Morgan fingerprint density at radius 3 is 2.80 bits per heavy atom. The lowest BCUT2D eigenvalue weighted by molar-refractivity contribution is 0.543. The molecule has 0 saturated carbocycles. The highest BCUT2D eigenvalue weighted by molar-refractivity contribution is 5.16. The predicted octanol–water partition coefficient (Wildman–Crippen LogP) is 2.57. The first-order valence-electron chi connectivity index (χ1n) is 5.79. The molecule has 1 aromatic heterocycles. The summed E-state index contributed by atoms with van der Waals surface area (Å²) in [5.74, 6) is 0.741. The van der Waals surface area contributed by atoms with Gasteiger partial charge in [0.1, 0.15) is 0 Å². The summed E-state index contributed by atoms with van der Waals surface area (Å²) in [5, 5.41) is 3.45. The van der Waals surface area contributed by atoms with Gasteiger partial charge in [-0.2, -0.15) is 0 Å². The van der Waals surface area contributed by atoms with E-state index in [9.17, 15) is 0 Å². The first-order valence-corrected chi connectivity index (χ1v) is 5.79. The summed E-state index contributed by atoms with van der Waals surface area (Å²) < 4.78 is 0. The molecule has 0 bridgehead atoms. The van der Waals surface area contributed by atoms with Gasteiger partial charge in [-0.3, -0.25) is 4.98 Å². The maximum absolute atomic E-state index is 4.19. The van der Waals surface area contributed by atoms with Crippen LogP contribution >= 0.6 is 0 Å². The highest BCUT2D eigenvalue weighted by atomic mass is 14.8. The van der Waals surface area contributed by atoms with Gasteiger partial charge in [0, 0.05) is 12.4 Å². The second-order valence-corrected chi connectivity index (χ2v) is 4.57. The molecule has 2 heteroatoms. The van der Waals surface area contributed by atoms with Crippen LogP contribution in [0.2, 0.25) is 0 Å². The van der Waals surface area contributed by atoms with E-state index in [-0.39, 0.29) is 0 Å². The smallest absolute Gasteiger partial charge is 0.0300 e. The van der Waals surface area contributed by atoms with Gasteiger partial charge in [-0.15, -0.1) is 0 Å². The molecule has 0 radical (unpaired) electrons. The van der Waals surface area contributed by atoms with Crippen LogP contribution in [0.15, 0.2) is 18.5 Å². The van der Waals surface area contributed by atoms with Crippen molar-refractivity contribution in [3.63, 3.8) is 0 Å². The van der Waals surface area contributed by atoms with Crippen LogP contribution in [0.4, 0.5) is 0 Å². The fourth-order valence-corrected chi connectivity index (χ4v) is 1.56. The third-order valence-corrected chi connectivity index (χ3v) is 2.30. The fourth-order valence-electron chi connectivity index (χ4n) is 1.56. The van der Waals surface area contributed by atoms with Crippen molar-refractivity contribution in [1.29, 1.82) is 0 Å². The standard InChI is InChI=1S/C13H22N2/c1-11(2)8-14-6-4-5-13-7-12(3)9-15-10-13/h7,9-11,14H,4-6,8H2,1-3H3. The van der Waals surface area contributed by atoms with Crippen LogP contribution in [0.1, 0.15) is 31.4 Å². The van der Waals surface area contributed by atoms with Crippen LogP contribution in [0.5, 0.6) is 0 Å². The van der Waals surface area contributed by atoms with Crippen LogP contribution in [0.3, 0.4) is 0 Å². The van der Waals surface area contributed by atoms with Gasteiger partial charge in [-0.1, -0.05) is 19.9 Å². The van der Waals surface area contributed by atoms with E-state index in [0.29, 0.717) is 0 Å². The highest BCUT2D eigenvalue weighted by Crippen LogP contribution is 2.03. The Bertz CT molecular complexity index is 282. The zero-order chi connectivity index (χ0) is 11.1. The third-order valence-electron chi connectivity index (χ3n) is 2.30. The lowest BCUT2D eigenvalue weighted by atomic mass is 10.1. The molecule has 1 N–H and O–H groups in total. The van der Waals surface area contributed by atoms with Crippen LogP contribution < -0.4 is 5.32 Å². The molecule has 0 atom stereocenters. The molecule has 1 rings (SSSR count). The van der Waals surface area contributed by atoms with Gasteiger partial charge < -0.3 is 5.32 Å². The van der Waals surface area contributed by atoms with Crippen molar-refractivity contribution in [1.82, 2.24) is 10.3 Å². The van der Waals surface area contributed by atoms with Gasteiger partial charge >= 0.3 is 0 Å². The third kappa shape index (κ3) is 5.53. The molecule has 84 valence electrons. The maximum Gasteiger partial charge on any atom is 0.0300 e. The van der Waals surface area contributed by atoms with Crippen molar-refractivity contribution in [2.24, 2.45) is 5.92 Å². The Labute approximate surface area is 93.1 Å². The van der Waals surface area contributed by atoms with E-state index in [1.54, 1.807) is 0 Å². The molecule has 0 aliphatic carbocycles. The van der Waals surface area contributed by atoms with Crippen molar-refractivity contribution in [3.05, 3.63) is 29.6 Å². The van der Waals surface area contributed by atoms with Crippen LogP contribution in [0.25, 0.3) is 0 Å². The summed E-state index contributed by atoms with van der Waals surface area (Å²) >= 11 is 0.